The van der Waals surface area contributed by atoms with E-state index in [1.165, 1.54) is 0 Å². The van der Waals surface area contributed by atoms with E-state index in [-0.39, 0.29) is 5.16 Å². The maximum Gasteiger partial charge on any atom is 0.277 e. The van der Waals surface area contributed by atoms with Crippen molar-refractivity contribution in [2.45, 2.75) is 18.1 Å². The standard InChI is InChI=1S/C16H22N4O3S/c21-24(22)16-17-14-4-1-2-5-15(14)20(16)9-8-19(24)7-3-6-18-10-12-23-13-11-18/h1-2,4-5H,3,6-13H2. The molecule has 7 nitrogen and oxygen atoms in total. The highest BCUT2D eigenvalue weighted by atomic mass is 32.2. The molecule has 1 aromatic heterocycles. The number of rotatable bonds is 4. The molecule has 24 heavy (non-hydrogen) atoms. The lowest BCUT2D eigenvalue weighted by Gasteiger charge is -2.29. The quantitative estimate of drug-likeness (QED) is 0.814. The van der Waals surface area contributed by atoms with Gasteiger partial charge in [-0.25, -0.2) is 13.4 Å². The molecule has 0 radical (unpaired) electrons. The lowest BCUT2D eigenvalue weighted by atomic mass is 10.3. The molecular formula is C16H22N4O3S. The Kier molecular flexibility index (Phi) is 4.29. The van der Waals surface area contributed by atoms with Crippen molar-refractivity contribution in [1.82, 2.24) is 18.8 Å². The smallest absolute Gasteiger partial charge is 0.277 e. The first-order valence-corrected chi connectivity index (χ1v) is 9.86. The molecule has 0 aliphatic carbocycles. The highest BCUT2D eigenvalue weighted by molar-refractivity contribution is 7.89. The molecule has 8 heteroatoms. The van der Waals surface area contributed by atoms with Gasteiger partial charge < -0.3 is 9.30 Å². The Morgan fingerprint density at radius 2 is 1.83 bits per heavy atom. The summed E-state index contributed by atoms with van der Waals surface area (Å²) in [6, 6.07) is 7.58. The van der Waals surface area contributed by atoms with E-state index in [0.29, 0.717) is 19.6 Å². The van der Waals surface area contributed by atoms with Crippen molar-refractivity contribution in [3.05, 3.63) is 24.3 Å². The summed E-state index contributed by atoms with van der Waals surface area (Å²) in [5, 5.41) is 0.182. The zero-order valence-electron chi connectivity index (χ0n) is 13.6. The van der Waals surface area contributed by atoms with Gasteiger partial charge in [-0.15, -0.1) is 0 Å². The molecule has 3 heterocycles. The van der Waals surface area contributed by atoms with Gasteiger partial charge in [0.2, 0.25) is 5.16 Å². The summed E-state index contributed by atoms with van der Waals surface area (Å²) in [5.74, 6) is 0. The van der Waals surface area contributed by atoms with Crippen molar-refractivity contribution in [3.63, 3.8) is 0 Å². The van der Waals surface area contributed by atoms with Crippen LogP contribution in [0.3, 0.4) is 0 Å². The Bertz CT molecular complexity index is 827. The number of nitrogens with zero attached hydrogens (tertiary/aromatic N) is 4. The summed E-state index contributed by atoms with van der Waals surface area (Å²) < 4.78 is 34.5. The zero-order valence-corrected chi connectivity index (χ0v) is 14.4. The van der Waals surface area contributed by atoms with E-state index < -0.39 is 10.0 Å². The number of aromatic nitrogens is 2. The van der Waals surface area contributed by atoms with Crippen LogP contribution in [0, 0.1) is 0 Å². The summed E-state index contributed by atoms with van der Waals surface area (Å²) in [5.41, 5.74) is 1.63. The van der Waals surface area contributed by atoms with E-state index in [9.17, 15) is 8.42 Å². The third-order valence-corrected chi connectivity index (χ3v) is 6.57. The molecule has 0 unspecified atom stereocenters. The van der Waals surface area contributed by atoms with Crippen molar-refractivity contribution in [3.8, 4) is 0 Å². The summed E-state index contributed by atoms with van der Waals surface area (Å²) >= 11 is 0. The van der Waals surface area contributed by atoms with Crippen LogP contribution in [-0.2, 0) is 21.3 Å². The van der Waals surface area contributed by atoms with E-state index in [1.807, 2.05) is 28.8 Å². The molecular weight excluding hydrogens is 328 g/mol. The molecule has 4 rings (SSSR count). The molecule has 2 aliphatic rings. The van der Waals surface area contributed by atoms with E-state index in [4.69, 9.17) is 4.74 Å². The third kappa shape index (κ3) is 2.83. The van der Waals surface area contributed by atoms with Crippen molar-refractivity contribution in [1.29, 1.82) is 0 Å². The van der Waals surface area contributed by atoms with Gasteiger partial charge in [0.25, 0.3) is 10.0 Å². The lowest BCUT2D eigenvalue weighted by Crippen LogP contribution is -2.42. The summed E-state index contributed by atoms with van der Waals surface area (Å²) in [6.45, 7) is 6.03. The highest BCUT2D eigenvalue weighted by Gasteiger charge is 2.34. The van der Waals surface area contributed by atoms with Crippen LogP contribution in [0.15, 0.2) is 29.4 Å². The molecule has 0 amide bonds. The molecule has 0 saturated carbocycles. The monoisotopic (exact) mass is 350 g/mol. The molecule has 0 N–H and O–H groups in total. The van der Waals surface area contributed by atoms with Gasteiger partial charge in [0.15, 0.2) is 0 Å². The fourth-order valence-electron chi connectivity index (χ4n) is 3.44. The Morgan fingerprint density at radius 1 is 1.04 bits per heavy atom. The van der Waals surface area contributed by atoms with E-state index in [2.05, 4.69) is 9.88 Å². The van der Waals surface area contributed by atoms with Crippen LogP contribution in [0.25, 0.3) is 11.0 Å². The number of imidazole rings is 1. The maximum absolute atomic E-state index is 12.9. The number of hydrogen-bond acceptors (Lipinski definition) is 5. The molecule has 2 aliphatic heterocycles. The van der Waals surface area contributed by atoms with E-state index in [0.717, 1.165) is 50.3 Å². The Balaban J connectivity index is 1.48. The third-order valence-electron chi connectivity index (χ3n) is 4.75. The normalized spacial score (nSPS) is 21.8. The van der Waals surface area contributed by atoms with E-state index in [1.54, 1.807) is 4.31 Å². The van der Waals surface area contributed by atoms with Gasteiger partial charge >= 0.3 is 0 Å². The van der Waals surface area contributed by atoms with Crippen LogP contribution in [-0.4, -0.2) is 73.1 Å². The van der Waals surface area contributed by atoms with Crippen LogP contribution >= 0.6 is 0 Å². The lowest BCUT2D eigenvalue weighted by molar-refractivity contribution is 0.0368. The molecule has 2 aromatic rings. The Morgan fingerprint density at radius 3 is 2.67 bits per heavy atom. The second kappa shape index (κ2) is 6.44. The predicted molar refractivity (Wildman–Crippen MR) is 90.4 cm³/mol. The summed E-state index contributed by atoms with van der Waals surface area (Å²) in [6.07, 6.45) is 0.833. The minimum absolute atomic E-state index is 0.182. The largest absolute Gasteiger partial charge is 0.379 e. The zero-order chi connectivity index (χ0) is 16.6. The van der Waals surface area contributed by atoms with Crippen molar-refractivity contribution in [2.75, 3.05) is 45.9 Å². The summed E-state index contributed by atoms with van der Waals surface area (Å²) in [7, 11) is -3.51. The molecule has 1 saturated heterocycles. The number of sulfonamides is 1. The molecule has 130 valence electrons. The Labute approximate surface area is 141 Å². The van der Waals surface area contributed by atoms with Gasteiger partial charge in [-0.3, -0.25) is 4.90 Å². The summed E-state index contributed by atoms with van der Waals surface area (Å²) in [4.78, 5) is 6.69. The van der Waals surface area contributed by atoms with E-state index >= 15 is 0 Å². The number of morpholine rings is 1. The topological polar surface area (TPSA) is 67.7 Å². The van der Waals surface area contributed by atoms with Gasteiger partial charge in [0.05, 0.1) is 24.2 Å². The number of ether oxygens (including phenoxy) is 1. The average Bonchev–Trinajstić information content (AvgIpc) is 2.98. The second-order valence-electron chi connectivity index (χ2n) is 6.25. The number of hydrogen-bond donors (Lipinski definition) is 0. The van der Waals surface area contributed by atoms with Gasteiger partial charge in [-0.1, -0.05) is 12.1 Å². The first-order chi connectivity index (χ1) is 11.7. The number of benzene rings is 1. The van der Waals surface area contributed by atoms with Crippen LogP contribution in [0.5, 0.6) is 0 Å². The fourth-order valence-corrected chi connectivity index (χ4v) is 5.05. The van der Waals surface area contributed by atoms with Crippen LogP contribution < -0.4 is 0 Å². The van der Waals surface area contributed by atoms with Crippen LogP contribution in [0.1, 0.15) is 6.42 Å². The average molecular weight is 350 g/mol. The molecule has 1 aromatic carbocycles. The van der Waals surface area contributed by atoms with Crippen molar-refractivity contribution in [2.24, 2.45) is 0 Å². The van der Waals surface area contributed by atoms with Gasteiger partial charge in [-0.05, 0) is 25.1 Å². The minimum atomic E-state index is -3.51. The predicted octanol–water partition coefficient (Wildman–Crippen LogP) is 0.763. The Hall–Kier alpha value is -1.48. The van der Waals surface area contributed by atoms with Crippen molar-refractivity contribution >= 4 is 21.1 Å². The molecule has 1 fully saturated rings. The number of fused-ring (bicyclic) bond motifs is 3. The molecule has 0 spiro atoms. The first-order valence-electron chi connectivity index (χ1n) is 8.42. The first kappa shape index (κ1) is 16.0. The van der Waals surface area contributed by atoms with Gasteiger partial charge in [0.1, 0.15) is 0 Å². The molecule has 0 atom stereocenters. The second-order valence-corrected chi connectivity index (χ2v) is 8.08. The fraction of sp³-hybridized carbons (Fsp3) is 0.562. The van der Waals surface area contributed by atoms with Crippen molar-refractivity contribution < 1.29 is 13.2 Å². The minimum Gasteiger partial charge on any atom is -0.379 e. The van der Waals surface area contributed by atoms with Crippen LogP contribution in [0.2, 0.25) is 0 Å². The van der Waals surface area contributed by atoms with Gasteiger partial charge in [-0.2, -0.15) is 4.31 Å². The van der Waals surface area contributed by atoms with Crippen LogP contribution in [0.4, 0.5) is 0 Å². The maximum atomic E-state index is 12.9. The molecule has 0 bridgehead atoms. The number of para-hydroxylation sites is 2. The van der Waals surface area contributed by atoms with Gasteiger partial charge in [0, 0.05) is 32.7 Å². The SMILES string of the molecule is O=S1(=O)c2nc3ccccc3n2CCN1CCCN1CCOCC1. The highest BCUT2D eigenvalue weighted by Crippen LogP contribution is 2.26.